The molecule has 0 saturated carbocycles. The number of ether oxygens (including phenoxy) is 12. The number of esters is 2. The number of rotatable bonds is 16. The standard InChI is InChI=1S/C42H64O17Si/c1-4-57-60(58-5-2,59-6-3)33-36(31-55-41(43)29-34-7-9-37-39(27-34)53-25-21-49-17-13-45-11-15-47-19-23-51-37)32-56-42(44)30-35-8-10-38-40(28-35)54-26-22-50-18-14-46-12-16-48-20-24-52-38/h7-10,27-28,36H,4-6,11-26,29-33H2,1-3H3. The van der Waals surface area contributed by atoms with Crippen LogP contribution >= 0.6 is 0 Å². The van der Waals surface area contributed by atoms with Gasteiger partial charge in [0, 0.05) is 31.8 Å². The van der Waals surface area contributed by atoms with Gasteiger partial charge in [0.05, 0.1) is 105 Å². The maximum Gasteiger partial charge on any atom is 0.501 e. The topological polar surface area (TPSA) is 173 Å². The molecule has 18 heteroatoms. The molecule has 0 bridgehead atoms. The van der Waals surface area contributed by atoms with Crippen molar-refractivity contribution in [1.29, 1.82) is 0 Å². The first-order valence-corrected chi connectivity index (χ1v) is 22.8. The fraction of sp³-hybridized carbons (Fsp3) is 0.667. The zero-order valence-corrected chi connectivity index (χ0v) is 36.5. The van der Waals surface area contributed by atoms with Crippen molar-refractivity contribution in [2.75, 3.05) is 139 Å². The molecule has 17 nitrogen and oxygen atoms in total. The van der Waals surface area contributed by atoms with Crippen molar-refractivity contribution >= 4 is 20.7 Å². The molecule has 0 atom stereocenters. The van der Waals surface area contributed by atoms with Gasteiger partial charge in [-0.15, -0.1) is 0 Å². The van der Waals surface area contributed by atoms with Crippen molar-refractivity contribution in [2.45, 2.75) is 39.7 Å². The monoisotopic (exact) mass is 868 g/mol. The van der Waals surface area contributed by atoms with Crippen LogP contribution in [0.25, 0.3) is 0 Å². The van der Waals surface area contributed by atoms with E-state index in [0.717, 1.165) is 0 Å². The largest absolute Gasteiger partial charge is 0.501 e. The summed E-state index contributed by atoms with van der Waals surface area (Å²) in [6.07, 6.45) is -0.0779. The van der Waals surface area contributed by atoms with E-state index >= 15 is 0 Å². The summed E-state index contributed by atoms with van der Waals surface area (Å²) in [7, 11) is -3.24. The molecule has 2 heterocycles. The van der Waals surface area contributed by atoms with Gasteiger partial charge in [0.2, 0.25) is 0 Å². The normalized spacial score (nSPS) is 17.0. The Balaban J connectivity index is 1.40. The van der Waals surface area contributed by atoms with E-state index in [1.54, 1.807) is 36.4 Å². The molecular formula is C42H64O17Si. The Morgan fingerprint density at radius 3 is 1.13 bits per heavy atom. The summed E-state index contributed by atoms with van der Waals surface area (Å²) in [5, 5.41) is 0. The fourth-order valence-electron chi connectivity index (χ4n) is 6.05. The lowest BCUT2D eigenvalue weighted by Gasteiger charge is -2.31. The second-order valence-corrected chi connectivity index (χ2v) is 16.0. The lowest BCUT2D eigenvalue weighted by molar-refractivity contribution is -0.148. The highest BCUT2D eigenvalue weighted by molar-refractivity contribution is 6.60. The molecule has 0 amide bonds. The highest BCUT2D eigenvalue weighted by Gasteiger charge is 2.43. The van der Waals surface area contributed by atoms with Crippen LogP contribution in [-0.2, 0) is 73.6 Å². The first-order valence-electron chi connectivity index (χ1n) is 20.9. The molecule has 0 aliphatic carbocycles. The van der Waals surface area contributed by atoms with Gasteiger partial charge in [0.1, 0.15) is 26.4 Å². The van der Waals surface area contributed by atoms with Crippen LogP contribution in [0.1, 0.15) is 31.9 Å². The molecular weight excluding hydrogens is 805 g/mol. The van der Waals surface area contributed by atoms with Crippen LogP contribution in [0, 0.1) is 5.92 Å². The van der Waals surface area contributed by atoms with Gasteiger partial charge in [-0.3, -0.25) is 9.59 Å². The lowest BCUT2D eigenvalue weighted by atomic mass is 10.1. The van der Waals surface area contributed by atoms with E-state index in [2.05, 4.69) is 0 Å². The quantitative estimate of drug-likeness (QED) is 0.176. The molecule has 2 aromatic rings. The van der Waals surface area contributed by atoms with E-state index in [9.17, 15) is 9.59 Å². The molecule has 0 radical (unpaired) electrons. The highest BCUT2D eigenvalue weighted by Crippen LogP contribution is 2.31. The number of hydrogen-bond acceptors (Lipinski definition) is 17. The van der Waals surface area contributed by atoms with Crippen LogP contribution in [0.4, 0.5) is 0 Å². The third-order valence-corrected chi connectivity index (χ3v) is 12.0. The molecule has 4 rings (SSSR count). The molecule has 2 aliphatic rings. The minimum atomic E-state index is -3.24. The Morgan fingerprint density at radius 1 is 0.483 bits per heavy atom. The summed E-state index contributed by atoms with van der Waals surface area (Å²) in [6, 6.07) is 10.8. The first kappa shape index (κ1) is 49.1. The Bertz CT molecular complexity index is 1380. The summed E-state index contributed by atoms with van der Waals surface area (Å²) in [5.41, 5.74) is 1.32. The van der Waals surface area contributed by atoms with Crippen molar-refractivity contribution in [3.8, 4) is 23.0 Å². The molecule has 0 unspecified atom stereocenters. The van der Waals surface area contributed by atoms with Crippen LogP contribution < -0.4 is 18.9 Å². The van der Waals surface area contributed by atoms with E-state index < -0.39 is 26.7 Å². The highest BCUT2D eigenvalue weighted by atomic mass is 28.4. The molecule has 338 valence electrons. The Labute approximate surface area is 354 Å². The van der Waals surface area contributed by atoms with Crippen LogP contribution in [0.3, 0.4) is 0 Å². The molecule has 2 aliphatic heterocycles. The SMILES string of the molecule is CCO[Si](CC(COC(=O)Cc1ccc2c(c1)OCCOCCOCCOCCO2)COC(=O)Cc1ccc2c(c1)OCCOCCOCCOCCO2)(OCC)OCC. The zero-order valence-electron chi connectivity index (χ0n) is 35.5. The maximum absolute atomic E-state index is 13.3. The smallest absolute Gasteiger partial charge is 0.487 e. The second kappa shape index (κ2) is 29.6. The average molecular weight is 869 g/mol. The Hall–Kier alpha value is -3.56. The zero-order chi connectivity index (χ0) is 42.5. The number of fused-ring (bicyclic) bond motifs is 2. The average Bonchev–Trinajstić information content (AvgIpc) is 3.25. The number of carbonyl (C=O) groups excluding carboxylic acids is 2. The third kappa shape index (κ3) is 19.4. The number of carbonyl (C=O) groups is 2. The lowest BCUT2D eigenvalue weighted by Crippen LogP contribution is -2.48. The number of hydrogen-bond donors (Lipinski definition) is 0. The van der Waals surface area contributed by atoms with Crippen molar-refractivity contribution in [3.63, 3.8) is 0 Å². The van der Waals surface area contributed by atoms with Crippen molar-refractivity contribution in [3.05, 3.63) is 47.5 Å². The van der Waals surface area contributed by atoms with E-state index in [1.165, 1.54) is 0 Å². The van der Waals surface area contributed by atoms with Crippen LogP contribution in [0.2, 0.25) is 6.04 Å². The predicted octanol–water partition coefficient (Wildman–Crippen LogP) is 3.86. The van der Waals surface area contributed by atoms with Gasteiger partial charge in [-0.25, -0.2) is 0 Å². The van der Waals surface area contributed by atoms with Gasteiger partial charge in [-0.2, -0.15) is 0 Å². The summed E-state index contributed by atoms with van der Waals surface area (Å²) in [5.74, 6) is 0.534. The van der Waals surface area contributed by atoms with Crippen molar-refractivity contribution in [2.24, 2.45) is 5.92 Å². The van der Waals surface area contributed by atoms with Crippen LogP contribution in [0.15, 0.2) is 36.4 Å². The molecule has 0 aromatic heterocycles. The minimum absolute atomic E-state index is 0.0390. The van der Waals surface area contributed by atoms with Crippen LogP contribution in [-0.4, -0.2) is 159 Å². The molecule has 0 saturated heterocycles. The molecule has 0 fully saturated rings. The van der Waals surface area contributed by atoms with Gasteiger partial charge in [0.15, 0.2) is 23.0 Å². The maximum atomic E-state index is 13.3. The van der Waals surface area contributed by atoms with Gasteiger partial charge in [0.25, 0.3) is 0 Å². The third-order valence-electron chi connectivity index (χ3n) is 8.73. The Kier molecular flexibility index (Phi) is 24.3. The van der Waals surface area contributed by atoms with Crippen molar-refractivity contribution in [1.82, 2.24) is 0 Å². The van der Waals surface area contributed by atoms with Gasteiger partial charge >= 0.3 is 20.7 Å². The Morgan fingerprint density at radius 2 is 0.800 bits per heavy atom. The predicted molar refractivity (Wildman–Crippen MR) is 218 cm³/mol. The first-order chi connectivity index (χ1) is 29.4. The van der Waals surface area contributed by atoms with E-state index in [0.29, 0.717) is 146 Å². The van der Waals surface area contributed by atoms with E-state index in [4.69, 9.17) is 70.1 Å². The van der Waals surface area contributed by atoms with Gasteiger partial charge < -0.3 is 70.1 Å². The van der Waals surface area contributed by atoms with Crippen LogP contribution in [0.5, 0.6) is 23.0 Å². The summed E-state index contributed by atoms with van der Waals surface area (Å²) >= 11 is 0. The molecule has 0 spiro atoms. The molecule has 2 aromatic carbocycles. The minimum Gasteiger partial charge on any atom is -0.487 e. The summed E-state index contributed by atoms with van der Waals surface area (Å²) < 4.78 is 87.0. The van der Waals surface area contributed by atoms with Crippen molar-refractivity contribution < 1.29 is 79.7 Å². The van der Waals surface area contributed by atoms with Gasteiger partial charge in [-0.1, -0.05) is 12.1 Å². The molecule has 60 heavy (non-hydrogen) atoms. The van der Waals surface area contributed by atoms with Gasteiger partial charge in [-0.05, 0) is 56.2 Å². The summed E-state index contributed by atoms with van der Waals surface area (Å²) in [6.45, 7) is 12.8. The number of benzene rings is 2. The molecule has 0 N–H and O–H groups in total. The van der Waals surface area contributed by atoms with E-state index in [1.807, 2.05) is 20.8 Å². The van der Waals surface area contributed by atoms with E-state index in [-0.39, 0.29) is 45.3 Å². The summed E-state index contributed by atoms with van der Waals surface area (Å²) in [4.78, 5) is 26.7. The second-order valence-electron chi connectivity index (χ2n) is 13.4. The fourth-order valence-corrected chi connectivity index (χ4v) is 8.92.